The van der Waals surface area contributed by atoms with E-state index in [-0.39, 0.29) is 0 Å². The van der Waals surface area contributed by atoms with E-state index >= 15 is 0 Å². The fraction of sp³-hybridized carbons (Fsp3) is 0.875. The van der Waals surface area contributed by atoms with Crippen LogP contribution in [-0.2, 0) is 0 Å². The highest BCUT2D eigenvalue weighted by molar-refractivity contribution is 5.22. The number of hydrogen-bond acceptors (Lipinski definition) is 0. The van der Waals surface area contributed by atoms with Gasteiger partial charge in [0.1, 0.15) is 0 Å². The molecule has 86 valence electrons. The summed E-state index contributed by atoms with van der Waals surface area (Å²) in [7, 11) is 0. The van der Waals surface area contributed by atoms with Crippen LogP contribution in [0.3, 0.4) is 0 Å². The van der Waals surface area contributed by atoms with Crippen LogP contribution in [-0.4, -0.2) is 0 Å². The van der Waals surface area contributed by atoms with Gasteiger partial charge in [0.25, 0.3) is 0 Å². The van der Waals surface area contributed by atoms with Crippen molar-refractivity contribution in [3.8, 4) is 0 Å². The van der Waals surface area contributed by atoms with Gasteiger partial charge in [-0.1, -0.05) is 19.1 Å². The monoisotopic (exact) mass is 214 g/mol. The lowest BCUT2D eigenvalue weighted by Crippen LogP contribution is -2.34. The first-order valence-electron chi connectivity index (χ1n) is 7.51. The second kappa shape index (κ2) is 2.60. The Balaban J connectivity index is 1.57. The van der Waals surface area contributed by atoms with E-state index in [0.29, 0.717) is 0 Å². The van der Waals surface area contributed by atoms with Crippen LogP contribution in [0.4, 0.5) is 0 Å². The average molecular weight is 214 g/mol. The van der Waals surface area contributed by atoms with Crippen LogP contribution in [0.5, 0.6) is 0 Å². The molecule has 5 rings (SSSR count). The minimum absolute atomic E-state index is 1.02. The number of fused-ring (bicyclic) bond motifs is 12. The maximum absolute atomic E-state index is 2.58. The highest BCUT2D eigenvalue weighted by atomic mass is 14.7. The largest absolute Gasteiger partial charge is 0.0848 e. The Bertz CT molecular complexity index is 336. The summed E-state index contributed by atoms with van der Waals surface area (Å²) in [6, 6.07) is 0. The van der Waals surface area contributed by atoms with Gasteiger partial charge in [0, 0.05) is 0 Å². The van der Waals surface area contributed by atoms with Crippen molar-refractivity contribution in [3.05, 3.63) is 12.2 Å². The third kappa shape index (κ3) is 0.802. The van der Waals surface area contributed by atoms with Crippen molar-refractivity contribution in [1.29, 1.82) is 0 Å². The van der Waals surface area contributed by atoms with Crippen LogP contribution in [0, 0.1) is 53.3 Å². The molecule has 8 unspecified atom stereocenters. The molecule has 5 aliphatic carbocycles. The molecule has 4 fully saturated rings. The van der Waals surface area contributed by atoms with Crippen LogP contribution >= 0.6 is 0 Å². The predicted molar refractivity (Wildman–Crippen MR) is 64.7 cm³/mol. The second-order valence-electron chi connectivity index (χ2n) is 7.57. The lowest BCUT2D eigenvalue weighted by Gasteiger charge is -2.39. The minimum Gasteiger partial charge on any atom is -0.0848 e. The van der Waals surface area contributed by atoms with Crippen molar-refractivity contribution < 1.29 is 0 Å². The van der Waals surface area contributed by atoms with Crippen molar-refractivity contribution in [2.45, 2.75) is 32.6 Å². The standard InChI is InChI=1S/C16H22/c1-8-4-11-12(5-8)14-7-13(11)15-9-2-3-10(6-9)16(14)15/h2-3,8-16H,4-7H2,1H3. The minimum atomic E-state index is 1.02. The Kier molecular flexibility index (Phi) is 1.42. The molecule has 0 N–H and O–H groups in total. The Hall–Kier alpha value is -0.260. The summed E-state index contributed by atoms with van der Waals surface area (Å²) in [5.41, 5.74) is 0. The summed E-state index contributed by atoms with van der Waals surface area (Å²) in [4.78, 5) is 0. The molecule has 8 atom stereocenters. The summed E-state index contributed by atoms with van der Waals surface area (Å²) in [6.45, 7) is 2.50. The summed E-state index contributed by atoms with van der Waals surface area (Å²) in [5, 5.41) is 0. The van der Waals surface area contributed by atoms with Gasteiger partial charge in [0.05, 0.1) is 0 Å². The first-order chi connectivity index (χ1) is 7.83. The number of hydrogen-bond donors (Lipinski definition) is 0. The van der Waals surface area contributed by atoms with Crippen LogP contribution in [0.25, 0.3) is 0 Å². The van der Waals surface area contributed by atoms with Gasteiger partial charge < -0.3 is 0 Å². The molecule has 0 aromatic heterocycles. The highest BCUT2D eigenvalue weighted by Gasteiger charge is 2.65. The SMILES string of the molecule is CC1CC2C(C1)C1CC2C2C3C=CC(C3)C12. The summed E-state index contributed by atoms with van der Waals surface area (Å²) in [5.74, 6) is 10.0. The molecule has 5 aliphatic rings. The van der Waals surface area contributed by atoms with Crippen molar-refractivity contribution in [2.75, 3.05) is 0 Å². The van der Waals surface area contributed by atoms with E-state index in [9.17, 15) is 0 Å². The topological polar surface area (TPSA) is 0 Å². The molecule has 0 spiro atoms. The molecule has 16 heavy (non-hydrogen) atoms. The molecule has 0 aliphatic heterocycles. The Labute approximate surface area is 98.5 Å². The predicted octanol–water partition coefficient (Wildman–Crippen LogP) is 3.74. The molecule has 4 bridgehead atoms. The van der Waals surface area contributed by atoms with Gasteiger partial charge in [-0.05, 0) is 78.9 Å². The summed E-state index contributed by atoms with van der Waals surface area (Å²) in [6.07, 6.45) is 11.5. The summed E-state index contributed by atoms with van der Waals surface area (Å²) < 4.78 is 0. The molecule has 0 heteroatoms. The molecule has 0 heterocycles. The normalized spacial score (nSPS) is 68.9. The van der Waals surface area contributed by atoms with E-state index in [2.05, 4.69) is 19.1 Å². The van der Waals surface area contributed by atoms with Crippen LogP contribution in [0.2, 0.25) is 0 Å². The lowest BCUT2D eigenvalue weighted by atomic mass is 9.66. The Morgan fingerprint density at radius 1 is 0.688 bits per heavy atom. The van der Waals surface area contributed by atoms with E-state index in [4.69, 9.17) is 0 Å². The third-order valence-corrected chi connectivity index (χ3v) is 7.12. The second-order valence-corrected chi connectivity index (χ2v) is 7.57. The smallest absolute Gasteiger partial charge is 0.0194 e. The lowest BCUT2D eigenvalue weighted by molar-refractivity contribution is 0.108. The van der Waals surface area contributed by atoms with Gasteiger partial charge in [-0.15, -0.1) is 0 Å². The molecule has 0 aromatic carbocycles. The first kappa shape index (κ1) is 8.78. The third-order valence-electron chi connectivity index (χ3n) is 7.12. The molecular formula is C16H22. The van der Waals surface area contributed by atoms with Crippen LogP contribution in [0.1, 0.15) is 32.6 Å². The quantitative estimate of drug-likeness (QED) is 0.426. The van der Waals surface area contributed by atoms with Gasteiger partial charge in [0.15, 0.2) is 0 Å². The van der Waals surface area contributed by atoms with Gasteiger partial charge >= 0.3 is 0 Å². The van der Waals surface area contributed by atoms with Crippen LogP contribution < -0.4 is 0 Å². The molecular weight excluding hydrogens is 192 g/mol. The maximum atomic E-state index is 2.58. The number of allylic oxidation sites excluding steroid dienone is 2. The fourth-order valence-corrected chi connectivity index (χ4v) is 7.01. The maximum Gasteiger partial charge on any atom is -0.0194 e. The Morgan fingerprint density at radius 3 is 1.81 bits per heavy atom. The fourth-order valence-electron chi connectivity index (χ4n) is 7.01. The molecule has 0 aromatic rings. The zero-order valence-corrected chi connectivity index (χ0v) is 10.2. The molecule has 0 nitrogen and oxygen atoms in total. The van der Waals surface area contributed by atoms with Crippen molar-refractivity contribution in [1.82, 2.24) is 0 Å². The Morgan fingerprint density at radius 2 is 1.25 bits per heavy atom. The van der Waals surface area contributed by atoms with Crippen LogP contribution in [0.15, 0.2) is 12.2 Å². The zero-order valence-electron chi connectivity index (χ0n) is 10.2. The highest BCUT2D eigenvalue weighted by Crippen LogP contribution is 2.71. The molecule has 0 amide bonds. The van der Waals surface area contributed by atoms with Gasteiger partial charge in [0.2, 0.25) is 0 Å². The van der Waals surface area contributed by atoms with Gasteiger partial charge in [-0.25, -0.2) is 0 Å². The van der Waals surface area contributed by atoms with Gasteiger partial charge in [-0.2, -0.15) is 0 Å². The molecule has 0 saturated heterocycles. The number of rotatable bonds is 0. The molecule has 0 radical (unpaired) electrons. The van der Waals surface area contributed by atoms with E-state index in [1.807, 2.05) is 0 Å². The van der Waals surface area contributed by atoms with E-state index in [0.717, 1.165) is 53.3 Å². The zero-order chi connectivity index (χ0) is 10.4. The van der Waals surface area contributed by atoms with Crippen molar-refractivity contribution in [3.63, 3.8) is 0 Å². The van der Waals surface area contributed by atoms with E-state index < -0.39 is 0 Å². The van der Waals surface area contributed by atoms with Gasteiger partial charge in [-0.3, -0.25) is 0 Å². The first-order valence-corrected chi connectivity index (χ1v) is 7.51. The van der Waals surface area contributed by atoms with E-state index in [1.54, 1.807) is 19.3 Å². The van der Waals surface area contributed by atoms with Crippen molar-refractivity contribution >= 4 is 0 Å². The molecule has 4 saturated carbocycles. The van der Waals surface area contributed by atoms with E-state index in [1.165, 1.54) is 6.42 Å². The average Bonchev–Trinajstić information content (AvgIpc) is 2.98. The summed E-state index contributed by atoms with van der Waals surface area (Å²) >= 11 is 0. The van der Waals surface area contributed by atoms with Crippen molar-refractivity contribution in [2.24, 2.45) is 53.3 Å².